The van der Waals surface area contributed by atoms with E-state index >= 15 is 0 Å². The zero-order chi connectivity index (χ0) is 10.3. The first-order valence-electron chi connectivity index (χ1n) is 6.52. The van der Waals surface area contributed by atoms with Crippen LogP contribution in [0.1, 0.15) is 19.8 Å². The van der Waals surface area contributed by atoms with Gasteiger partial charge in [0, 0.05) is 51.4 Å². The third-order valence-electron chi connectivity index (χ3n) is 4.42. The number of piperazine rings is 1. The van der Waals surface area contributed by atoms with E-state index in [0.29, 0.717) is 0 Å². The van der Waals surface area contributed by atoms with Crippen molar-refractivity contribution in [3.05, 3.63) is 0 Å². The van der Waals surface area contributed by atoms with E-state index in [-0.39, 0.29) is 0 Å². The number of hydrogen-bond donors (Lipinski definition) is 1. The lowest BCUT2D eigenvalue weighted by atomic mass is 9.79. The van der Waals surface area contributed by atoms with Gasteiger partial charge in [-0.05, 0) is 18.8 Å². The fraction of sp³-hybridized carbons (Fsp3) is 1.00. The summed E-state index contributed by atoms with van der Waals surface area (Å²) in [6, 6.07) is 1.82. The number of nitrogens with one attached hydrogen (secondary N) is 1. The molecule has 0 aromatic carbocycles. The number of likely N-dealkylation sites (tertiary alicyclic amines) is 1. The Labute approximate surface area is 92.8 Å². The molecule has 2 heterocycles. The molecule has 0 aromatic heterocycles. The van der Waals surface area contributed by atoms with Crippen molar-refractivity contribution in [2.24, 2.45) is 5.92 Å². The molecule has 3 rings (SSSR count). The molecule has 3 heteroatoms. The Morgan fingerprint density at radius 1 is 0.933 bits per heavy atom. The first kappa shape index (κ1) is 10.1. The van der Waals surface area contributed by atoms with Crippen LogP contribution in [0.3, 0.4) is 0 Å². The van der Waals surface area contributed by atoms with Crippen molar-refractivity contribution in [1.29, 1.82) is 0 Å². The standard InChI is InChI=1S/C12H23N3/c1-10-6-11(7-10)15-8-12(9-15)14-4-2-13-3-5-14/h10-13H,2-9H2,1H3. The maximum atomic E-state index is 3.42. The van der Waals surface area contributed by atoms with Crippen LogP contribution in [0, 0.1) is 5.92 Å². The predicted octanol–water partition coefficient (Wildman–Crippen LogP) is 0.374. The molecule has 1 N–H and O–H groups in total. The Kier molecular flexibility index (Phi) is 2.71. The molecule has 0 bridgehead atoms. The van der Waals surface area contributed by atoms with Gasteiger partial charge in [0.05, 0.1) is 0 Å². The quantitative estimate of drug-likeness (QED) is 0.709. The van der Waals surface area contributed by atoms with Crippen molar-refractivity contribution in [3.63, 3.8) is 0 Å². The number of hydrogen-bond acceptors (Lipinski definition) is 3. The van der Waals surface area contributed by atoms with Crippen LogP contribution in [0.5, 0.6) is 0 Å². The Morgan fingerprint density at radius 3 is 2.20 bits per heavy atom. The van der Waals surface area contributed by atoms with Crippen LogP contribution < -0.4 is 5.32 Å². The summed E-state index contributed by atoms with van der Waals surface area (Å²) < 4.78 is 0. The van der Waals surface area contributed by atoms with Crippen molar-refractivity contribution in [3.8, 4) is 0 Å². The maximum absolute atomic E-state index is 3.42. The van der Waals surface area contributed by atoms with Gasteiger partial charge >= 0.3 is 0 Å². The van der Waals surface area contributed by atoms with E-state index in [1.54, 1.807) is 0 Å². The molecule has 15 heavy (non-hydrogen) atoms. The summed E-state index contributed by atoms with van der Waals surface area (Å²) in [6.07, 6.45) is 2.91. The second-order valence-corrected chi connectivity index (χ2v) is 5.62. The second kappa shape index (κ2) is 4.04. The maximum Gasteiger partial charge on any atom is 0.0351 e. The van der Waals surface area contributed by atoms with Crippen molar-refractivity contribution >= 4 is 0 Å². The summed E-state index contributed by atoms with van der Waals surface area (Å²) in [6.45, 7) is 9.98. The molecule has 0 atom stereocenters. The first-order chi connectivity index (χ1) is 7.33. The Hall–Kier alpha value is -0.120. The van der Waals surface area contributed by atoms with E-state index < -0.39 is 0 Å². The van der Waals surface area contributed by atoms with Gasteiger partial charge in [-0.1, -0.05) is 6.92 Å². The van der Waals surface area contributed by atoms with E-state index in [2.05, 4.69) is 22.0 Å². The highest BCUT2D eigenvalue weighted by Gasteiger charge is 2.40. The van der Waals surface area contributed by atoms with Gasteiger partial charge < -0.3 is 5.32 Å². The Balaban J connectivity index is 1.41. The van der Waals surface area contributed by atoms with Gasteiger partial charge in [0.25, 0.3) is 0 Å². The summed E-state index contributed by atoms with van der Waals surface area (Å²) in [5.74, 6) is 0.994. The minimum atomic E-state index is 0.878. The molecule has 86 valence electrons. The van der Waals surface area contributed by atoms with E-state index in [9.17, 15) is 0 Å². The minimum absolute atomic E-state index is 0.878. The monoisotopic (exact) mass is 209 g/mol. The smallest absolute Gasteiger partial charge is 0.0351 e. The van der Waals surface area contributed by atoms with Crippen LogP contribution in [0.4, 0.5) is 0 Å². The summed E-state index contributed by atoms with van der Waals surface area (Å²) >= 11 is 0. The summed E-state index contributed by atoms with van der Waals surface area (Å²) in [7, 11) is 0. The lowest BCUT2D eigenvalue weighted by molar-refractivity contribution is -0.0358. The predicted molar refractivity (Wildman–Crippen MR) is 62.0 cm³/mol. The van der Waals surface area contributed by atoms with Crippen molar-refractivity contribution in [2.45, 2.75) is 31.8 Å². The fourth-order valence-corrected chi connectivity index (χ4v) is 3.22. The Morgan fingerprint density at radius 2 is 1.60 bits per heavy atom. The molecular formula is C12H23N3. The molecule has 0 aromatic rings. The zero-order valence-corrected chi connectivity index (χ0v) is 9.78. The van der Waals surface area contributed by atoms with Crippen LogP contribution in [-0.2, 0) is 0 Å². The van der Waals surface area contributed by atoms with Gasteiger partial charge in [-0.2, -0.15) is 0 Å². The molecule has 0 radical (unpaired) electrons. The lowest BCUT2D eigenvalue weighted by Crippen LogP contribution is -2.66. The van der Waals surface area contributed by atoms with Crippen LogP contribution in [0.2, 0.25) is 0 Å². The lowest BCUT2D eigenvalue weighted by Gasteiger charge is -2.53. The van der Waals surface area contributed by atoms with Gasteiger partial charge in [-0.15, -0.1) is 0 Å². The third kappa shape index (κ3) is 1.93. The highest BCUT2D eigenvalue weighted by Crippen LogP contribution is 2.34. The van der Waals surface area contributed by atoms with Crippen LogP contribution >= 0.6 is 0 Å². The normalized spacial score (nSPS) is 39.8. The average Bonchev–Trinajstić information content (AvgIpc) is 2.14. The molecular weight excluding hydrogens is 186 g/mol. The van der Waals surface area contributed by atoms with Crippen molar-refractivity contribution in [1.82, 2.24) is 15.1 Å². The van der Waals surface area contributed by atoms with Crippen LogP contribution in [0.25, 0.3) is 0 Å². The highest BCUT2D eigenvalue weighted by molar-refractivity contribution is 4.96. The highest BCUT2D eigenvalue weighted by atomic mass is 15.3. The molecule has 2 aliphatic heterocycles. The molecule has 3 fully saturated rings. The molecule has 3 aliphatic rings. The molecule has 0 amide bonds. The molecule has 2 saturated heterocycles. The third-order valence-corrected chi connectivity index (χ3v) is 4.42. The van der Waals surface area contributed by atoms with Gasteiger partial charge in [0.2, 0.25) is 0 Å². The van der Waals surface area contributed by atoms with E-state index in [4.69, 9.17) is 0 Å². The van der Waals surface area contributed by atoms with Gasteiger partial charge in [-0.3, -0.25) is 9.80 Å². The van der Waals surface area contributed by atoms with Gasteiger partial charge in [0.1, 0.15) is 0 Å². The minimum Gasteiger partial charge on any atom is -0.314 e. The average molecular weight is 209 g/mol. The van der Waals surface area contributed by atoms with Crippen molar-refractivity contribution in [2.75, 3.05) is 39.3 Å². The Bertz CT molecular complexity index is 213. The summed E-state index contributed by atoms with van der Waals surface area (Å²) in [5, 5.41) is 3.42. The summed E-state index contributed by atoms with van der Waals surface area (Å²) in [5.41, 5.74) is 0. The van der Waals surface area contributed by atoms with Crippen LogP contribution in [0.15, 0.2) is 0 Å². The summed E-state index contributed by atoms with van der Waals surface area (Å²) in [4.78, 5) is 5.38. The topological polar surface area (TPSA) is 18.5 Å². The second-order valence-electron chi connectivity index (χ2n) is 5.62. The zero-order valence-electron chi connectivity index (χ0n) is 9.78. The molecule has 1 aliphatic carbocycles. The number of nitrogens with zero attached hydrogens (tertiary/aromatic N) is 2. The molecule has 0 spiro atoms. The van der Waals surface area contributed by atoms with Crippen LogP contribution in [-0.4, -0.2) is 61.2 Å². The van der Waals surface area contributed by atoms with Gasteiger partial charge in [-0.25, -0.2) is 0 Å². The molecule has 0 unspecified atom stereocenters. The fourth-order valence-electron chi connectivity index (χ4n) is 3.22. The molecule has 1 saturated carbocycles. The molecule has 3 nitrogen and oxygen atoms in total. The SMILES string of the molecule is CC1CC(N2CC(N3CCNCC3)C2)C1. The first-order valence-corrected chi connectivity index (χ1v) is 6.52. The van der Waals surface area contributed by atoms with Crippen molar-refractivity contribution < 1.29 is 0 Å². The number of rotatable bonds is 2. The van der Waals surface area contributed by atoms with E-state index in [1.807, 2.05) is 0 Å². The van der Waals surface area contributed by atoms with Gasteiger partial charge in [0.15, 0.2) is 0 Å². The van der Waals surface area contributed by atoms with E-state index in [1.165, 1.54) is 52.1 Å². The largest absolute Gasteiger partial charge is 0.314 e. The van der Waals surface area contributed by atoms with E-state index in [0.717, 1.165) is 18.0 Å².